The minimum Gasteiger partial charge on any atom is -0.481 e. The van der Waals surface area contributed by atoms with Crippen LogP contribution < -0.4 is 0 Å². The highest BCUT2D eigenvalue weighted by molar-refractivity contribution is 7.99. The normalized spacial score (nSPS) is 20.6. The third kappa shape index (κ3) is 5.29. The van der Waals surface area contributed by atoms with Gasteiger partial charge in [-0.05, 0) is 6.92 Å². The van der Waals surface area contributed by atoms with Gasteiger partial charge in [-0.15, -0.1) is 0 Å². The highest BCUT2D eigenvalue weighted by Gasteiger charge is 2.34. The number of carboxylic acid groups (broad SMARTS) is 1. The molecule has 1 fully saturated rings. The number of rotatable bonds is 7. The van der Waals surface area contributed by atoms with Crippen LogP contribution >= 0.6 is 11.8 Å². The van der Waals surface area contributed by atoms with Crippen LogP contribution in [0.25, 0.3) is 0 Å². The number of hydrogen-bond acceptors (Lipinski definition) is 6. The maximum absolute atomic E-state index is 12.2. The van der Waals surface area contributed by atoms with E-state index < -0.39 is 28.0 Å². The van der Waals surface area contributed by atoms with E-state index in [0.29, 0.717) is 11.5 Å². The van der Waals surface area contributed by atoms with E-state index in [1.807, 2.05) is 0 Å². The number of ether oxygens (including phenoxy) is 1. The number of esters is 1. The maximum Gasteiger partial charge on any atom is 0.306 e. The molecule has 7 nitrogen and oxygen atoms in total. The first-order chi connectivity index (χ1) is 9.36. The third-order valence-corrected chi connectivity index (χ3v) is 5.82. The van der Waals surface area contributed by atoms with Crippen LogP contribution in [0.5, 0.6) is 0 Å². The Hall–Kier alpha value is -0.800. The number of aliphatic carboxylic acids is 1. The Labute approximate surface area is 122 Å². The molecule has 1 unspecified atom stereocenters. The summed E-state index contributed by atoms with van der Waals surface area (Å²) < 4.78 is 30.3. The summed E-state index contributed by atoms with van der Waals surface area (Å²) in [6.45, 7) is 2.14. The van der Waals surface area contributed by atoms with Crippen LogP contribution in [0.1, 0.15) is 19.8 Å². The molecule has 0 spiro atoms. The predicted octanol–water partition coefficient (Wildman–Crippen LogP) is 0.162. The lowest BCUT2D eigenvalue weighted by molar-refractivity contribution is -0.142. The Balaban J connectivity index is 2.67. The van der Waals surface area contributed by atoms with E-state index in [2.05, 4.69) is 0 Å². The van der Waals surface area contributed by atoms with Crippen LogP contribution in [-0.4, -0.2) is 66.2 Å². The number of carbonyl (C=O) groups is 2. The van der Waals surface area contributed by atoms with E-state index in [0.717, 1.165) is 0 Å². The Bertz CT molecular complexity index is 450. The van der Waals surface area contributed by atoms with Gasteiger partial charge in [0, 0.05) is 24.1 Å². The van der Waals surface area contributed by atoms with Crippen molar-refractivity contribution in [3.05, 3.63) is 0 Å². The number of carbonyl (C=O) groups excluding carboxylic acids is 1. The van der Waals surface area contributed by atoms with Crippen molar-refractivity contribution in [3.63, 3.8) is 0 Å². The van der Waals surface area contributed by atoms with Gasteiger partial charge in [0.1, 0.15) is 0 Å². The number of nitrogens with zero attached hydrogens (tertiary/aromatic N) is 1. The van der Waals surface area contributed by atoms with Crippen molar-refractivity contribution >= 4 is 33.7 Å². The Morgan fingerprint density at radius 3 is 2.75 bits per heavy atom. The van der Waals surface area contributed by atoms with Gasteiger partial charge < -0.3 is 9.84 Å². The first-order valence-electron chi connectivity index (χ1n) is 6.31. The molecule has 0 aliphatic carbocycles. The molecule has 1 heterocycles. The zero-order valence-electron chi connectivity index (χ0n) is 11.3. The molecule has 20 heavy (non-hydrogen) atoms. The van der Waals surface area contributed by atoms with Gasteiger partial charge in [0.05, 0.1) is 25.2 Å². The van der Waals surface area contributed by atoms with E-state index in [1.54, 1.807) is 6.92 Å². The monoisotopic (exact) mass is 325 g/mol. The van der Waals surface area contributed by atoms with Crippen molar-refractivity contribution in [2.45, 2.75) is 25.8 Å². The highest BCUT2D eigenvalue weighted by atomic mass is 32.2. The van der Waals surface area contributed by atoms with Gasteiger partial charge in [-0.3, -0.25) is 9.59 Å². The summed E-state index contributed by atoms with van der Waals surface area (Å²) in [5, 5.41) is 8.83. The molecule has 0 aromatic carbocycles. The second kappa shape index (κ2) is 7.84. The smallest absolute Gasteiger partial charge is 0.306 e. The molecule has 0 bridgehead atoms. The number of hydrogen-bond donors (Lipinski definition) is 1. The van der Waals surface area contributed by atoms with Crippen LogP contribution in [-0.2, 0) is 24.3 Å². The van der Waals surface area contributed by atoms with Gasteiger partial charge in [-0.1, -0.05) is 0 Å². The van der Waals surface area contributed by atoms with Crippen molar-refractivity contribution < 1.29 is 27.9 Å². The van der Waals surface area contributed by atoms with E-state index in [4.69, 9.17) is 9.84 Å². The molecule has 116 valence electrons. The summed E-state index contributed by atoms with van der Waals surface area (Å²) in [7, 11) is -3.64. The van der Waals surface area contributed by atoms with E-state index in [9.17, 15) is 18.0 Å². The number of sulfonamides is 1. The van der Waals surface area contributed by atoms with Crippen molar-refractivity contribution in [3.8, 4) is 0 Å². The number of carboxylic acids is 1. The first-order valence-corrected chi connectivity index (χ1v) is 9.08. The summed E-state index contributed by atoms with van der Waals surface area (Å²) >= 11 is 1.54. The van der Waals surface area contributed by atoms with Gasteiger partial charge in [-0.2, -0.15) is 16.1 Å². The second-order valence-electron chi connectivity index (χ2n) is 4.31. The van der Waals surface area contributed by atoms with Crippen LogP contribution in [0.15, 0.2) is 0 Å². The molecule has 1 rings (SSSR count). The molecule has 9 heteroatoms. The Kier molecular flexibility index (Phi) is 6.77. The molecule has 1 N–H and O–H groups in total. The van der Waals surface area contributed by atoms with Crippen LogP contribution in [0.3, 0.4) is 0 Å². The lowest BCUT2D eigenvalue weighted by Crippen LogP contribution is -2.48. The summed E-state index contributed by atoms with van der Waals surface area (Å²) in [5.41, 5.74) is 0. The van der Waals surface area contributed by atoms with Gasteiger partial charge in [0.15, 0.2) is 0 Å². The van der Waals surface area contributed by atoms with Crippen LogP contribution in [0, 0.1) is 0 Å². The van der Waals surface area contributed by atoms with Crippen molar-refractivity contribution in [2.24, 2.45) is 0 Å². The Morgan fingerprint density at radius 1 is 1.45 bits per heavy atom. The van der Waals surface area contributed by atoms with Gasteiger partial charge in [0.2, 0.25) is 10.0 Å². The fourth-order valence-corrected chi connectivity index (χ4v) is 4.84. The standard InChI is InChI=1S/C11H19NO6S2/c1-2-18-11(15)3-6-20(16,17)12-4-5-19-8-9(12)7-10(13)14/h9H,2-8H2,1H3,(H,13,14). The van der Waals surface area contributed by atoms with E-state index in [1.165, 1.54) is 16.1 Å². The molecule has 0 radical (unpaired) electrons. The third-order valence-electron chi connectivity index (χ3n) is 2.81. The van der Waals surface area contributed by atoms with E-state index in [-0.39, 0.29) is 31.7 Å². The molecular formula is C11H19NO6S2. The number of thioether (sulfide) groups is 1. The van der Waals surface area contributed by atoms with Crippen LogP contribution in [0.2, 0.25) is 0 Å². The molecular weight excluding hydrogens is 306 g/mol. The Morgan fingerprint density at radius 2 is 2.15 bits per heavy atom. The quantitative estimate of drug-likeness (QED) is 0.665. The summed E-state index contributed by atoms with van der Waals surface area (Å²) in [6, 6.07) is -0.543. The van der Waals surface area contributed by atoms with Gasteiger partial charge in [-0.25, -0.2) is 8.42 Å². The molecule has 0 aromatic heterocycles. The topological polar surface area (TPSA) is 101 Å². The molecule has 1 saturated heterocycles. The molecule has 1 atom stereocenters. The van der Waals surface area contributed by atoms with Gasteiger partial charge in [0.25, 0.3) is 0 Å². The van der Waals surface area contributed by atoms with Gasteiger partial charge >= 0.3 is 11.9 Å². The van der Waals surface area contributed by atoms with Crippen molar-refractivity contribution in [2.75, 3.05) is 30.4 Å². The average molecular weight is 325 g/mol. The largest absolute Gasteiger partial charge is 0.481 e. The minimum atomic E-state index is -3.64. The zero-order valence-corrected chi connectivity index (χ0v) is 12.9. The second-order valence-corrected chi connectivity index (χ2v) is 7.50. The SMILES string of the molecule is CCOC(=O)CCS(=O)(=O)N1CCSCC1CC(=O)O. The molecule has 0 amide bonds. The first kappa shape index (κ1) is 17.3. The summed E-state index contributed by atoms with van der Waals surface area (Å²) in [6.07, 6.45) is -0.425. The molecule has 1 aliphatic heterocycles. The lowest BCUT2D eigenvalue weighted by Gasteiger charge is -2.33. The average Bonchev–Trinajstić information content (AvgIpc) is 2.37. The molecule has 0 aromatic rings. The fraction of sp³-hybridized carbons (Fsp3) is 0.818. The predicted molar refractivity (Wildman–Crippen MR) is 75.1 cm³/mol. The highest BCUT2D eigenvalue weighted by Crippen LogP contribution is 2.22. The molecule has 0 saturated carbocycles. The fourth-order valence-electron chi connectivity index (χ4n) is 1.93. The summed E-state index contributed by atoms with van der Waals surface area (Å²) in [5.74, 6) is -0.827. The summed E-state index contributed by atoms with van der Waals surface area (Å²) in [4.78, 5) is 22.0. The van der Waals surface area contributed by atoms with Crippen LogP contribution in [0.4, 0.5) is 0 Å². The van der Waals surface area contributed by atoms with Crippen molar-refractivity contribution in [1.29, 1.82) is 0 Å². The minimum absolute atomic E-state index is 0.209. The van der Waals surface area contributed by atoms with E-state index >= 15 is 0 Å². The zero-order chi connectivity index (χ0) is 15.2. The molecule has 1 aliphatic rings. The van der Waals surface area contributed by atoms with Crippen molar-refractivity contribution in [1.82, 2.24) is 4.31 Å². The maximum atomic E-state index is 12.2. The lowest BCUT2D eigenvalue weighted by atomic mass is 10.2.